The number of halogens is 2. The number of alkyl halides is 2. The zero-order valence-corrected chi connectivity index (χ0v) is 9.35. The van der Waals surface area contributed by atoms with Crippen LogP contribution >= 0.6 is 31.0 Å². The van der Waals surface area contributed by atoms with E-state index in [-0.39, 0.29) is 42.0 Å². The van der Waals surface area contributed by atoms with Crippen LogP contribution in [0, 0.1) is 0 Å². The first-order chi connectivity index (χ1) is 5.12. The minimum absolute atomic E-state index is 0. The van der Waals surface area contributed by atoms with Crippen molar-refractivity contribution < 1.29 is 35.6 Å². The van der Waals surface area contributed by atoms with Gasteiger partial charge in [0.05, 0.1) is 13.2 Å². The zero-order valence-electron chi connectivity index (χ0n) is 6.01. The van der Waals surface area contributed by atoms with E-state index in [9.17, 15) is 4.57 Å². The molecule has 1 radical (unpaired) electrons. The molecule has 0 amide bonds. The van der Waals surface area contributed by atoms with Crippen LogP contribution in [0.15, 0.2) is 0 Å². The van der Waals surface area contributed by atoms with Gasteiger partial charge in [-0.25, -0.2) is 4.57 Å². The average Bonchev–Trinajstić information content (AvgIpc) is 1.97. The third kappa shape index (κ3) is 9.30. The first kappa shape index (κ1) is 15.7. The van der Waals surface area contributed by atoms with E-state index in [4.69, 9.17) is 28.1 Å². The Morgan fingerprint density at radius 2 is 1.50 bits per heavy atom. The van der Waals surface area contributed by atoms with E-state index in [1.807, 2.05) is 0 Å². The van der Waals surface area contributed by atoms with Crippen molar-refractivity contribution in [3.05, 3.63) is 0 Å². The molecule has 79 valence electrons. The standard InChI is InChI=1S/C4H9Cl2O4P.Cu/c5-1-3-9-11(7,8)10-4-2-6;/h1-4H2,(H,7,8);. The van der Waals surface area contributed by atoms with E-state index < -0.39 is 7.82 Å². The van der Waals surface area contributed by atoms with Gasteiger partial charge in [0.1, 0.15) is 0 Å². The summed E-state index contributed by atoms with van der Waals surface area (Å²) in [5.41, 5.74) is 0. The second kappa shape index (κ2) is 8.79. The molecule has 0 aliphatic heterocycles. The molecule has 0 rings (SSSR count). The molecule has 0 saturated heterocycles. The summed E-state index contributed by atoms with van der Waals surface area (Å²) in [5, 5.41) is 0. The Morgan fingerprint density at radius 3 is 1.75 bits per heavy atom. The van der Waals surface area contributed by atoms with Gasteiger partial charge in [-0.1, -0.05) is 0 Å². The van der Waals surface area contributed by atoms with E-state index in [1.165, 1.54) is 0 Å². The smallest absolute Gasteiger partial charge is 0.302 e. The Labute approximate surface area is 91.6 Å². The van der Waals surface area contributed by atoms with Crippen LogP contribution in [0.1, 0.15) is 0 Å². The Morgan fingerprint density at radius 1 is 1.17 bits per heavy atom. The predicted molar refractivity (Wildman–Crippen MR) is 43.2 cm³/mol. The van der Waals surface area contributed by atoms with Crippen LogP contribution in [0.25, 0.3) is 0 Å². The molecule has 0 saturated carbocycles. The second-order valence-corrected chi connectivity index (χ2v) is 3.72. The van der Waals surface area contributed by atoms with Crippen LogP contribution in [-0.4, -0.2) is 29.9 Å². The molecule has 0 unspecified atom stereocenters. The molecule has 0 aromatic rings. The van der Waals surface area contributed by atoms with Crippen LogP contribution in [-0.2, 0) is 30.7 Å². The minimum Gasteiger partial charge on any atom is -0.302 e. The van der Waals surface area contributed by atoms with Crippen LogP contribution in [0.2, 0.25) is 0 Å². The number of phosphoric ester groups is 1. The third-order valence-corrected chi connectivity index (χ3v) is 1.99. The molecule has 0 spiro atoms. The third-order valence-electron chi connectivity index (χ3n) is 0.663. The summed E-state index contributed by atoms with van der Waals surface area (Å²) in [7, 11) is -3.89. The van der Waals surface area contributed by atoms with Gasteiger partial charge in [-0.2, -0.15) is 0 Å². The van der Waals surface area contributed by atoms with E-state index in [0.717, 1.165) is 0 Å². The van der Waals surface area contributed by atoms with Crippen molar-refractivity contribution in [2.75, 3.05) is 25.0 Å². The maximum absolute atomic E-state index is 10.7. The normalized spacial score (nSPS) is 10.9. The molecule has 0 aliphatic carbocycles. The van der Waals surface area contributed by atoms with Crippen molar-refractivity contribution in [2.24, 2.45) is 0 Å². The van der Waals surface area contributed by atoms with Crippen molar-refractivity contribution in [1.29, 1.82) is 0 Å². The molecule has 8 heteroatoms. The number of hydrogen-bond donors (Lipinski definition) is 1. The Kier molecular flexibility index (Phi) is 11.5. The number of rotatable bonds is 6. The van der Waals surface area contributed by atoms with Gasteiger partial charge >= 0.3 is 7.82 Å². The van der Waals surface area contributed by atoms with E-state index >= 15 is 0 Å². The molecule has 0 aliphatic rings. The van der Waals surface area contributed by atoms with E-state index in [1.54, 1.807) is 0 Å². The number of phosphoric acid groups is 1. The summed E-state index contributed by atoms with van der Waals surface area (Å²) >= 11 is 10.4. The van der Waals surface area contributed by atoms with Gasteiger partial charge in [-0.15, -0.1) is 23.2 Å². The van der Waals surface area contributed by atoms with Gasteiger partial charge in [0.2, 0.25) is 0 Å². The van der Waals surface area contributed by atoms with Crippen LogP contribution in [0.5, 0.6) is 0 Å². The topological polar surface area (TPSA) is 55.8 Å². The largest absolute Gasteiger partial charge is 0.472 e. The van der Waals surface area contributed by atoms with Crippen molar-refractivity contribution >= 4 is 31.0 Å². The monoisotopic (exact) mass is 285 g/mol. The summed E-state index contributed by atoms with van der Waals surface area (Å²) in [5.74, 6) is 0.295. The molecular formula is C4H9Cl2CuO4P. The maximum Gasteiger partial charge on any atom is 0.472 e. The first-order valence-corrected chi connectivity index (χ1v) is 5.42. The summed E-state index contributed by atoms with van der Waals surface area (Å²) in [6.45, 7) is -0.0325. The Bertz CT molecular complexity index is 135. The molecule has 0 aromatic carbocycles. The van der Waals surface area contributed by atoms with Crippen molar-refractivity contribution in [3.63, 3.8) is 0 Å². The van der Waals surface area contributed by atoms with Gasteiger partial charge in [0.25, 0.3) is 0 Å². The van der Waals surface area contributed by atoms with Crippen LogP contribution < -0.4 is 0 Å². The first-order valence-electron chi connectivity index (χ1n) is 2.86. The molecule has 4 nitrogen and oxygen atoms in total. The van der Waals surface area contributed by atoms with Gasteiger partial charge in [-0.3, -0.25) is 9.05 Å². The summed E-state index contributed by atoms with van der Waals surface area (Å²) in [6.07, 6.45) is 0. The van der Waals surface area contributed by atoms with Crippen LogP contribution in [0.4, 0.5) is 0 Å². The number of hydrogen-bond acceptors (Lipinski definition) is 3. The van der Waals surface area contributed by atoms with Crippen molar-refractivity contribution in [3.8, 4) is 0 Å². The minimum atomic E-state index is -3.89. The van der Waals surface area contributed by atoms with Crippen molar-refractivity contribution in [1.82, 2.24) is 0 Å². The van der Waals surface area contributed by atoms with Crippen molar-refractivity contribution in [2.45, 2.75) is 0 Å². The summed E-state index contributed by atoms with van der Waals surface area (Å²) in [6, 6.07) is 0. The molecule has 0 fully saturated rings. The zero-order chi connectivity index (χ0) is 8.74. The van der Waals surface area contributed by atoms with Gasteiger partial charge in [-0.05, 0) is 0 Å². The molecule has 0 bridgehead atoms. The average molecular weight is 287 g/mol. The Hall–Kier alpha value is 1.21. The van der Waals surface area contributed by atoms with E-state index in [2.05, 4.69) is 9.05 Å². The fourth-order valence-electron chi connectivity index (χ4n) is 0.337. The molecular weight excluding hydrogens is 277 g/mol. The van der Waals surface area contributed by atoms with Gasteiger partial charge in [0.15, 0.2) is 0 Å². The molecule has 0 atom stereocenters. The fourth-order valence-corrected chi connectivity index (χ4v) is 1.43. The second-order valence-electron chi connectivity index (χ2n) is 1.51. The molecule has 0 heterocycles. The van der Waals surface area contributed by atoms with Gasteiger partial charge < -0.3 is 4.89 Å². The molecule has 0 aromatic heterocycles. The predicted octanol–water partition coefficient (Wildman–Crippen LogP) is 1.60. The molecule has 1 N–H and O–H groups in total. The fraction of sp³-hybridized carbons (Fsp3) is 1.00. The summed E-state index contributed by atoms with van der Waals surface area (Å²) < 4.78 is 19.5. The summed E-state index contributed by atoms with van der Waals surface area (Å²) in [4.78, 5) is 8.77. The van der Waals surface area contributed by atoms with Crippen LogP contribution in [0.3, 0.4) is 0 Å². The Balaban J connectivity index is 0. The SMILES string of the molecule is O=P(O)(OCCCl)OCCCl.[Cu]. The van der Waals surface area contributed by atoms with Gasteiger partial charge in [0, 0.05) is 28.8 Å². The van der Waals surface area contributed by atoms with E-state index in [0.29, 0.717) is 0 Å². The molecule has 12 heavy (non-hydrogen) atoms. The quantitative estimate of drug-likeness (QED) is 0.458. The maximum atomic E-state index is 10.7.